The normalized spacial score (nSPS) is 13.1. The number of carboxylic acid groups (broad SMARTS) is 1. The standard InChI is InChI=1S/C13H19NO5S/c1-2-10(7-8-15)9-14-20(18,19)12-5-3-11(4-6-12)13(16)17/h3-6,10,14-15H,2,7-9H2,1H3,(H,16,17). The lowest BCUT2D eigenvalue weighted by molar-refractivity contribution is 0.0696. The number of hydrogen-bond acceptors (Lipinski definition) is 4. The highest BCUT2D eigenvalue weighted by atomic mass is 32.2. The highest BCUT2D eigenvalue weighted by molar-refractivity contribution is 7.89. The maximum absolute atomic E-state index is 12.0. The molecule has 1 rings (SSSR count). The second-order valence-electron chi connectivity index (χ2n) is 4.47. The van der Waals surface area contributed by atoms with Gasteiger partial charge in [-0.15, -0.1) is 0 Å². The third-order valence-electron chi connectivity index (χ3n) is 3.09. The molecule has 1 aromatic carbocycles. The molecule has 3 N–H and O–H groups in total. The van der Waals surface area contributed by atoms with Crippen molar-refractivity contribution in [3.05, 3.63) is 29.8 Å². The van der Waals surface area contributed by atoms with Crippen LogP contribution < -0.4 is 4.72 Å². The molecule has 0 heterocycles. The number of aliphatic hydroxyl groups excluding tert-OH is 1. The topological polar surface area (TPSA) is 104 Å². The Balaban J connectivity index is 2.75. The summed E-state index contributed by atoms with van der Waals surface area (Å²) in [5.41, 5.74) is 0.0377. The summed E-state index contributed by atoms with van der Waals surface area (Å²) in [6.07, 6.45) is 1.30. The van der Waals surface area contributed by atoms with Gasteiger partial charge in [0.1, 0.15) is 0 Å². The van der Waals surface area contributed by atoms with Gasteiger partial charge in [-0.1, -0.05) is 13.3 Å². The van der Waals surface area contributed by atoms with Crippen molar-refractivity contribution in [2.24, 2.45) is 5.92 Å². The summed E-state index contributed by atoms with van der Waals surface area (Å²) in [5, 5.41) is 17.6. The SMILES string of the molecule is CCC(CCO)CNS(=O)(=O)c1ccc(C(=O)O)cc1. The lowest BCUT2D eigenvalue weighted by atomic mass is 10.0. The lowest BCUT2D eigenvalue weighted by Crippen LogP contribution is -2.29. The van der Waals surface area contributed by atoms with Crippen LogP contribution in [-0.2, 0) is 10.0 Å². The molecule has 1 unspecified atom stereocenters. The van der Waals surface area contributed by atoms with E-state index in [0.29, 0.717) is 6.42 Å². The minimum atomic E-state index is -3.65. The van der Waals surface area contributed by atoms with E-state index in [-0.39, 0.29) is 29.5 Å². The van der Waals surface area contributed by atoms with E-state index < -0.39 is 16.0 Å². The minimum absolute atomic E-state index is 0.0214. The van der Waals surface area contributed by atoms with Crippen LogP contribution in [0.1, 0.15) is 30.1 Å². The Morgan fingerprint density at radius 1 is 1.30 bits per heavy atom. The number of carboxylic acids is 1. The molecule has 0 aliphatic heterocycles. The Morgan fingerprint density at radius 2 is 1.90 bits per heavy atom. The van der Waals surface area contributed by atoms with Gasteiger partial charge in [0.15, 0.2) is 0 Å². The van der Waals surface area contributed by atoms with Crippen LogP contribution in [0.25, 0.3) is 0 Å². The molecule has 0 saturated carbocycles. The molecular weight excluding hydrogens is 282 g/mol. The molecular formula is C13H19NO5S. The van der Waals surface area contributed by atoms with Crippen molar-refractivity contribution in [1.29, 1.82) is 0 Å². The first kappa shape index (κ1) is 16.6. The molecule has 0 amide bonds. The van der Waals surface area contributed by atoms with Crippen LogP contribution in [0.15, 0.2) is 29.2 Å². The number of nitrogens with one attached hydrogen (secondary N) is 1. The zero-order valence-corrected chi connectivity index (χ0v) is 12.1. The average molecular weight is 301 g/mol. The smallest absolute Gasteiger partial charge is 0.335 e. The van der Waals surface area contributed by atoms with Crippen molar-refractivity contribution >= 4 is 16.0 Å². The van der Waals surface area contributed by atoms with Gasteiger partial charge in [-0.2, -0.15) is 0 Å². The maximum Gasteiger partial charge on any atom is 0.335 e. The Labute approximate surface area is 118 Å². The van der Waals surface area contributed by atoms with Crippen LogP contribution in [-0.4, -0.2) is 37.8 Å². The molecule has 6 nitrogen and oxygen atoms in total. The molecule has 0 fully saturated rings. The number of aliphatic hydroxyl groups is 1. The van der Waals surface area contributed by atoms with Crippen LogP contribution in [0.5, 0.6) is 0 Å². The van der Waals surface area contributed by atoms with E-state index in [4.69, 9.17) is 10.2 Å². The Morgan fingerprint density at radius 3 is 2.35 bits per heavy atom. The molecule has 0 saturated heterocycles. The van der Waals surface area contributed by atoms with Gasteiger partial charge in [-0.25, -0.2) is 17.9 Å². The first-order valence-electron chi connectivity index (χ1n) is 6.34. The summed E-state index contributed by atoms with van der Waals surface area (Å²) in [5.74, 6) is -1.02. The van der Waals surface area contributed by atoms with E-state index in [2.05, 4.69) is 4.72 Å². The summed E-state index contributed by atoms with van der Waals surface area (Å²) < 4.78 is 26.5. The fraction of sp³-hybridized carbons (Fsp3) is 0.462. The van der Waals surface area contributed by atoms with Gasteiger partial charge >= 0.3 is 5.97 Å². The summed E-state index contributed by atoms with van der Waals surface area (Å²) in [7, 11) is -3.65. The molecule has 20 heavy (non-hydrogen) atoms. The van der Waals surface area contributed by atoms with E-state index in [1.165, 1.54) is 24.3 Å². The first-order chi connectivity index (χ1) is 9.40. The number of sulfonamides is 1. The predicted molar refractivity (Wildman–Crippen MR) is 74.1 cm³/mol. The quantitative estimate of drug-likeness (QED) is 0.666. The highest BCUT2D eigenvalue weighted by Gasteiger charge is 2.16. The zero-order valence-electron chi connectivity index (χ0n) is 11.2. The largest absolute Gasteiger partial charge is 0.478 e. The second-order valence-corrected chi connectivity index (χ2v) is 6.23. The summed E-state index contributed by atoms with van der Waals surface area (Å²) in [4.78, 5) is 10.7. The van der Waals surface area contributed by atoms with Crippen molar-refractivity contribution < 1.29 is 23.4 Å². The first-order valence-corrected chi connectivity index (χ1v) is 7.83. The van der Waals surface area contributed by atoms with E-state index in [1.54, 1.807) is 0 Å². The molecule has 0 radical (unpaired) electrons. The van der Waals surface area contributed by atoms with Gasteiger partial charge in [0, 0.05) is 13.2 Å². The van der Waals surface area contributed by atoms with Crippen LogP contribution in [0.2, 0.25) is 0 Å². The van der Waals surface area contributed by atoms with Gasteiger partial charge in [-0.05, 0) is 36.6 Å². The molecule has 112 valence electrons. The van der Waals surface area contributed by atoms with Gasteiger partial charge in [-0.3, -0.25) is 0 Å². The molecule has 0 aliphatic rings. The van der Waals surface area contributed by atoms with E-state index >= 15 is 0 Å². The highest BCUT2D eigenvalue weighted by Crippen LogP contribution is 2.12. The third kappa shape index (κ3) is 4.59. The monoisotopic (exact) mass is 301 g/mol. The lowest BCUT2D eigenvalue weighted by Gasteiger charge is -2.14. The van der Waals surface area contributed by atoms with Gasteiger partial charge in [0.25, 0.3) is 0 Å². The second kappa shape index (κ2) is 7.37. The van der Waals surface area contributed by atoms with E-state index in [0.717, 1.165) is 6.42 Å². The molecule has 0 aliphatic carbocycles. The molecule has 0 spiro atoms. The number of benzene rings is 1. The Kier molecular flexibility index (Phi) is 6.12. The van der Waals surface area contributed by atoms with Crippen LogP contribution in [0.3, 0.4) is 0 Å². The third-order valence-corrected chi connectivity index (χ3v) is 4.53. The van der Waals surface area contributed by atoms with Crippen molar-refractivity contribution in [1.82, 2.24) is 4.72 Å². The number of aromatic carboxylic acids is 1. The van der Waals surface area contributed by atoms with Crippen molar-refractivity contribution in [3.63, 3.8) is 0 Å². The van der Waals surface area contributed by atoms with E-state index in [1.807, 2.05) is 6.92 Å². The average Bonchev–Trinajstić information content (AvgIpc) is 2.43. The fourth-order valence-corrected chi connectivity index (χ4v) is 2.84. The fourth-order valence-electron chi connectivity index (χ4n) is 1.72. The zero-order chi connectivity index (χ0) is 15.2. The number of hydrogen-bond donors (Lipinski definition) is 3. The van der Waals surface area contributed by atoms with Gasteiger partial charge in [0.05, 0.1) is 10.5 Å². The van der Waals surface area contributed by atoms with Crippen molar-refractivity contribution in [2.45, 2.75) is 24.7 Å². The summed E-state index contributed by atoms with van der Waals surface area (Å²) in [6, 6.07) is 5.03. The molecule has 0 bridgehead atoms. The van der Waals surface area contributed by atoms with Crippen LogP contribution in [0.4, 0.5) is 0 Å². The van der Waals surface area contributed by atoms with Crippen molar-refractivity contribution in [2.75, 3.05) is 13.2 Å². The molecule has 7 heteroatoms. The van der Waals surface area contributed by atoms with Crippen LogP contribution >= 0.6 is 0 Å². The Bertz CT molecular complexity index is 538. The summed E-state index contributed by atoms with van der Waals surface area (Å²) in [6.45, 7) is 2.20. The van der Waals surface area contributed by atoms with Crippen molar-refractivity contribution in [3.8, 4) is 0 Å². The van der Waals surface area contributed by atoms with Gasteiger partial charge < -0.3 is 10.2 Å². The van der Waals surface area contributed by atoms with E-state index in [9.17, 15) is 13.2 Å². The molecule has 1 aromatic rings. The molecule has 1 atom stereocenters. The number of rotatable bonds is 8. The number of carbonyl (C=O) groups is 1. The minimum Gasteiger partial charge on any atom is -0.478 e. The summed E-state index contributed by atoms with van der Waals surface area (Å²) >= 11 is 0. The van der Waals surface area contributed by atoms with Crippen LogP contribution in [0, 0.1) is 5.92 Å². The molecule has 0 aromatic heterocycles. The predicted octanol–water partition coefficient (Wildman–Crippen LogP) is 1.07. The van der Waals surface area contributed by atoms with Gasteiger partial charge in [0.2, 0.25) is 10.0 Å². The Hall–Kier alpha value is -1.44. The maximum atomic E-state index is 12.0.